The molecule has 0 aliphatic heterocycles. The van der Waals surface area contributed by atoms with Gasteiger partial charge in [-0.1, -0.05) is 0 Å². The summed E-state index contributed by atoms with van der Waals surface area (Å²) in [5, 5.41) is 17.1. The Labute approximate surface area is 158 Å². The van der Waals surface area contributed by atoms with Gasteiger partial charge < -0.3 is 0 Å². The molecule has 0 N–H and O–H groups in total. The van der Waals surface area contributed by atoms with Crippen molar-refractivity contribution in [3.8, 4) is 6.07 Å². The highest BCUT2D eigenvalue weighted by molar-refractivity contribution is 7.11. The van der Waals surface area contributed by atoms with Crippen LogP contribution in [0.1, 0.15) is 61.8 Å². The molecule has 0 saturated heterocycles. The standard InChI is InChI=1S/C21H24N4S/c1-2-25-18(3-4-23-25)8-17(12-22)20-24-19(13-26-20)21-9-14-5-15(10-21)7-16(6-14)11-21/h3-4,8,13-16H,2,5-7,9-11H2,1H3/b17-8-. The molecule has 2 heterocycles. The maximum Gasteiger partial charge on any atom is 0.134 e. The third-order valence-electron chi connectivity index (χ3n) is 6.78. The first-order valence-electron chi connectivity index (χ1n) is 9.79. The Morgan fingerprint density at radius 3 is 2.62 bits per heavy atom. The van der Waals surface area contributed by atoms with Crippen LogP contribution in [0.3, 0.4) is 0 Å². The number of hydrogen-bond donors (Lipinski definition) is 0. The second-order valence-electron chi connectivity index (χ2n) is 8.48. The first-order valence-corrected chi connectivity index (χ1v) is 10.7. The van der Waals surface area contributed by atoms with Crippen LogP contribution < -0.4 is 0 Å². The molecule has 4 saturated carbocycles. The Morgan fingerprint density at radius 1 is 1.31 bits per heavy atom. The van der Waals surface area contributed by atoms with E-state index in [4.69, 9.17) is 4.98 Å². The van der Waals surface area contributed by atoms with Gasteiger partial charge in [0.05, 0.1) is 17.0 Å². The van der Waals surface area contributed by atoms with E-state index in [9.17, 15) is 5.26 Å². The number of nitrogens with zero attached hydrogens (tertiary/aromatic N) is 4. The van der Waals surface area contributed by atoms with Crippen LogP contribution in [0.25, 0.3) is 11.6 Å². The molecule has 4 nitrogen and oxygen atoms in total. The Kier molecular flexibility index (Phi) is 3.79. The van der Waals surface area contributed by atoms with Crippen LogP contribution in [-0.2, 0) is 12.0 Å². The van der Waals surface area contributed by atoms with E-state index in [1.165, 1.54) is 44.2 Å². The molecule has 0 aromatic carbocycles. The summed E-state index contributed by atoms with van der Waals surface area (Å²) in [7, 11) is 0. The van der Waals surface area contributed by atoms with Gasteiger partial charge in [0.1, 0.15) is 11.1 Å². The van der Waals surface area contributed by atoms with Crippen LogP contribution in [0, 0.1) is 29.1 Å². The summed E-state index contributed by atoms with van der Waals surface area (Å²) in [6.07, 6.45) is 12.0. The summed E-state index contributed by atoms with van der Waals surface area (Å²) in [6, 6.07) is 4.32. The highest BCUT2D eigenvalue weighted by Crippen LogP contribution is 2.60. The molecule has 6 rings (SSSR count). The van der Waals surface area contributed by atoms with E-state index >= 15 is 0 Å². The molecule has 4 aliphatic carbocycles. The van der Waals surface area contributed by atoms with Crippen LogP contribution in [-0.4, -0.2) is 14.8 Å². The number of rotatable bonds is 4. The zero-order chi connectivity index (χ0) is 17.7. The molecule has 4 fully saturated rings. The average molecular weight is 365 g/mol. The van der Waals surface area contributed by atoms with E-state index in [1.807, 2.05) is 16.8 Å². The Balaban J connectivity index is 1.47. The maximum atomic E-state index is 9.70. The van der Waals surface area contributed by atoms with Gasteiger partial charge in [0, 0.05) is 23.5 Å². The average Bonchev–Trinajstić information content (AvgIpc) is 3.28. The summed E-state index contributed by atoms with van der Waals surface area (Å²) in [6.45, 7) is 2.86. The van der Waals surface area contributed by atoms with Crippen molar-refractivity contribution in [3.05, 3.63) is 34.0 Å². The zero-order valence-corrected chi connectivity index (χ0v) is 16.0. The van der Waals surface area contributed by atoms with Crippen molar-refractivity contribution in [1.29, 1.82) is 5.26 Å². The molecule has 26 heavy (non-hydrogen) atoms. The lowest BCUT2D eigenvalue weighted by molar-refractivity contribution is -0.00694. The van der Waals surface area contributed by atoms with Crippen LogP contribution >= 0.6 is 11.3 Å². The highest BCUT2D eigenvalue weighted by Gasteiger charge is 2.52. The van der Waals surface area contributed by atoms with Crippen molar-refractivity contribution in [3.63, 3.8) is 0 Å². The van der Waals surface area contributed by atoms with Gasteiger partial charge in [-0.15, -0.1) is 11.3 Å². The highest BCUT2D eigenvalue weighted by atomic mass is 32.1. The van der Waals surface area contributed by atoms with Crippen molar-refractivity contribution in [2.24, 2.45) is 17.8 Å². The topological polar surface area (TPSA) is 54.5 Å². The van der Waals surface area contributed by atoms with Gasteiger partial charge in [-0.05, 0) is 75.3 Å². The van der Waals surface area contributed by atoms with E-state index < -0.39 is 0 Å². The SMILES string of the molecule is CCn1nccc1/C=C(/C#N)c1nc(C23CC4CC(CC(C4)C2)C3)cs1. The number of hydrogen-bond acceptors (Lipinski definition) is 4. The van der Waals surface area contributed by atoms with Gasteiger partial charge in [-0.2, -0.15) is 10.4 Å². The van der Waals surface area contributed by atoms with Crippen molar-refractivity contribution in [1.82, 2.24) is 14.8 Å². The van der Waals surface area contributed by atoms with Crippen LogP contribution in [0.15, 0.2) is 17.6 Å². The van der Waals surface area contributed by atoms with Gasteiger partial charge in [-0.3, -0.25) is 4.68 Å². The molecular formula is C21H24N4S. The van der Waals surface area contributed by atoms with E-state index in [0.29, 0.717) is 11.0 Å². The molecule has 4 bridgehead atoms. The smallest absolute Gasteiger partial charge is 0.134 e. The lowest BCUT2D eigenvalue weighted by Crippen LogP contribution is -2.48. The van der Waals surface area contributed by atoms with Crippen LogP contribution in [0.5, 0.6) is 0 Å². The Bertz CT molecular complexity index is 862. The minimum Gasteiger partial charge on any atom is -0.266 e. The first kappa shape index (κ1) is 16.3. The lowest BCUT2D eigenvalue weighted by atomic mass is 9.49. The number of allylic oxidation sites excluding steroid dienone is 1. The number of thiazole rings is 1. The lowest BCUT2D eigenvalue weighted by Gasteiger charge is -2.56. The van der Waals surface area contributed by atoms with E-state index in [1.54, 1.807) is 17.5 Å². The summed E-state index contributed by atoms with van der Waals surface area (Å²) in [5.41, 5.74) is 3.19. The molecule has 0 amide bonds. The molecule has 4 aliphatic rings. The normalized spacial score (nSPS) is 32.8. The fourth-order valence-electron chi connectivity index (χ4n) is 6.08. The molecule has 0 radical (unpaired) electrons. The largest absolute Gasteiger partial charge is 0.266 e. The quantitative estimate of drug-likeness (QED) is 0.726. The van der Waals surface area contributed by atoms with Crippen molar-refractivity contribution < 1.29 is 0 Å². The van der Waals surface area contributed by atoms with Crippen molar-refractivity contribution >= 4 is 23.0 Å². The molecule has 0 spiro atoms. The third-order valence-corrected chi connectivity index (χ3v) is 7.65. The Hall–Kier alpha value is -1.93. The Morgan fingerprint density at radius 2 is 2.00 bits per heavy atom. The monoisotopic (exact) mass is 364 g/mol. The molecular weight excluding hydrogens is 340 g/mol. The molecule has 5 heteroatoms. The van der Waals surface area contributed by atoms with E-state index in [-0.39, 0.29) is 0 Å². The number of aromatic nitrogens is 3. The predicted molar refractivity (Wildman–Crippen MR) is 103 cm³/mol. The third kappa shape index (κ3) is 2.54. The first-order chi connectivity index (χ1) is 12.7. The van der Waals surface area contributed by atoms with Gasteiger partial charge in [-0.25, -0.2) is 4.98 Å². The van der Waals surface area contributed by atoms with E-state index in [0.717, 1.165) is 35.0 Å². The van der Waals surface area contributed by atoms with E-state index in [2.05, 4.69) is 23.5 Å². The number of nitriles is 1. The molecule has 0 atom stereocenters. The van der Waals surface area contributed by atoms with Crippen molar-refractivity contribution in [2.45, 2.75) is 57.4 Å². The zero-order valence-electron chi connectivity index (χ0n) is 15.2. The molecule has 2 aromatic rings. The van der Waals surface area contributed by atoms with Gasteiger partial charge >= 0.3 is 0 Å². The van der Waals surface area contributed by atoms with Gasteiger partial charge in [0.2, 0.25) is 0 Å². The van der Waals surface area contributed by atoms with Gasteiger partial charge in [0.25, 0.3) is 0 Å². The summed E-state index contributed by atoms with van der Waals surface area (Å²) in [4.78, 5) is 5.01. The second-order valence-corrected chi connectivity index (χ2v) is 9.34. The summed E-state index contributed by atoms with van der Waals surface area (Å²) in [5.74, 6) is 2.74. The number of aryl methyl sites for hydroxylation is 1. The predicted octanol–water partition coefficient (Wildman–Crippen LogP) is 4.89. The fraction of sp³-hybridized carbons (Fsp3) is 0.571. The summed E-state index contributed by atoms with van der Waals surface area (Å²) < 4.78 is 1.91. The van der Waals surface area contributed by atoms with Gasteiger partial charge in [0.15, 0.2) is 0 Å². The minimum atomic E-state index is 0.301. The maximum absolute atomic E-state index is 9.70. The molecule has 2 aromatic heterocycles. The molecule has 134 valence electrons. The second kappa shape index (κ2) is 6.06. The van der Waals surface area contributed by atoms with Crippen LogP contribution in [0.4, 0.5) is 0 Å². The minimum absolute atomic E-state index is 0.301. The van der Waals surface area contributed by atoms with Crippen molar-refractivity contribution in [2.75, 3.05) is 0 Å². The van der Waals surface area contributed by atoms with Crippen LogP contribution in [0.2, 0.25) is 0 Å². The summed E-state index contributed by atoms with van der Waals surface area (Å²) >= 11 is 1.63. The molecule has 0 unspecified atom stereocenters. The fourth-order valence-corrected chi connectivity index (χ4v) is 6.99.